The van der Waals surface area contributed by atoms with Crippen molar-refractivity contribution in [1.82, 2.24) is 14.8 Å². The van der Waals surface area contributed by atoms with Crippen LogP contribution in [-0.4, -0.2) is 14.8 Å². The summed E-state index contributed by atoms with van der Waals surface area (Å²) in [5, 5.41) is 3.88. The monoisotopic (exact) mass is 222 g/mol. The minimum Gasteiger partial charge on any atom is -0.483 e. The molecule has 0 unspecified atom stereocenters. The number of aryl methyl sites for hydroxylation is 1. The van der Waals surface area contributed by atoms with Crippen LogP contribution in [-0.2, 0) is 13.7 Å². The number of anilines is 1. The highest BCUT2D eigenvalue weighted by atomic mass is 19.1. The van der Waals surface area contributed by atoms with Crippen LogP contribution in [0.1, 0.15) is 5.82 Å². The summed E-state index contributed by atoms with van der Waals surface area (Å²) in [6.45, 7) is 0.164. The molecule has 84 valence electrons. The van der Waals surface area contributed by atoms with E-state index in [4.69, 9.17) is 10.5 Å². The lowest BCUT2D eigenvalue weighted by Crippen LogP contribution is -2.05. The summed E-state index contributed by atoms with van der Waals surface area (Å²) in [4.78, 5) is 3.96. The van der Waals surface area contributed by atoms with Crippen molar-refractivity contribution in [2.24, 2.45) is 7.05 Å². The van der Waals surface area contributed by atoms with Gasteiger partial charge in [-0.05, 0) is 12.1 Å². The maximum atomic E-state index is 13.3. The summed E-state index contributed by atoms with van der Waals surface area (Å²) in [5.74, 6) is 0.288. The normalized spacial score (nSPS) is 10.4. The van der Waals surface area contributed by atoms with Crippen molar-refractivity contribution in [1.29, 1.82) is 0 Å². The Labute approximate surface area is 91.7 Å². The molecule has 0 aliphatic rings. The maximum absolute atomic E-state index is 13.3. The maximum Gasteiger partial charge on any atom is 0.167 e. The molecule has 16 heavy (non-hydrogen) atoms. The lowest BCUT2D eigenvalue weighted by molar-refractivity contribution is 0.276. The Bertz CT molecular complexity index is 497. The van der Waals surface area contributed by atoms with Crippen molar-refractivity contribution in [2.45, 2.75) is 6.61 Å². The Balaban J connectivity index is 2.08. The molecule has 1 aromatic carbocycles. The fraction of sp³-hybridized carbons (Fsp3) is 0.200. The molecular formula is C10H11FN4O. The Morgan fingerprint density at radius 2 is 2.31 bits per heavy atom. The van der Waals surface area contributed by atoms with Crippen LogP contribution in [0.2, 0.25) is 0 Å². The predicted octanol–water partition coefficient (Wildman–Crippen LogP) is 1.12. The van der Waals surface area contributed by atoms with Gasteiger partial charge in [-0.15, -0.1) is 0 Å². The van der Waals surface area contributed by atoms with Crippen LogP contribution in [0.4, 0.5) is 10.1 Å². The van der Waals surface area contributed by atoms with E-state index in [1.165, 1.54) is 18.5 Å². The van der Waals surface area contributed by atoms with Gasteiger partial charge in [-0.25, -0.2) is 9.37 Å². The highest BCUT2D eigenvalue weighted by molar-refractivity contribution is 5.42. The molecular weight excluding hydrogens is 211 g/mol. The molecule has 2 N–H and O–H groups in total. The molecule has 0 atom stereocenters. The highest BCUT2D eigenvalue weighted by Crippen LogP contribution is 2.19. The summed E-state index contributed by atoms with van der Waals surface area (Å²) >= 11 is 0. The van der Waals surface area contributed by atoms with Crippen molar-refractivity contribution in [3.05, 3.63) is 36.2 Å². The zero-order valence-corrected chi connectivity index (χ0v) is 8.72. The van der Waals surface area contributed by atoms with E-state index in [0.29, 0.717) is 11.5 Å². The second-order valence-corrected chi connectivity index (χ2v) is 3.28. The van der Waals surface area contributed by atoms with Crippen LogP contribution >= 0.6 is 0 Å². The zero-order valence-electron chi connectivity index (χ0n) is 8.72. The van der Waals surface area contributed by atoms with E-state index in [-0.39, 0.29) is 12.4 Å². The number of hydrogen-bond acceptors (Lipinski definition) is 4. The molecule has 6 heteroatoms. The van der Waals surface area contributed by atoms with Crippen LogP contribution in [0.5, 0.6) is 5.75 Å². The Morgan fingerprint density at radius 1 is 1.50 bits per heavy atom. The second kappa shape index (κ2) is 4.18. The van der Waals surface area contributed by atoms with E-state index in [9.17, 15) is 4.39 Å². The first-order chi connectivity index (χ1) is 7.66. The highest BCUT2D eigenvalue weighted by Gasteiger charge is 2.06. The number of hydrogen-bond donors (Lipinski definition) is 1. The van der Waals surface area contributed by atoms with Gasteiger partial charge in [-0.3, -0.25) is 4.68 Å². The Morgan fingerprint density at radius 3 is 2.94 bits per heavy atom. The van der Waals surface area contributed by atoms with Crippen molar-refractivity contribution >= 4 is 5.69 Å². The smallest absolute Gasteiger partial charge is 0.167 e. The lowest BCUT2D eigenvalue weighted by Gasteiger charge is -2.06. The van der Waals surface area contributed by atoms with E-state index in [2.05, 4.69) is 10.1 Å². The van der Waals surface area contributed by atoms with Gasteiger partial charge in [0.15, 0.2) is 17.4 Å². The van der Waals surface area contributed by atoms with Crippen LogP contribution in [0.3, 0.4) is 0 Å². The zero-order chi connectivity index (χ0) is 11.5. The quantitative estimate of drug-likeness (QED) is 0.790. The fourth-order valence-corrected chi connectivity index (χ4v) is 1.23. The number of ether oxygens (including phenoxy) is 1. The largest absolute Gasteiger partial charge is 0.483 e. The predicted molar refractivity (Wildman–Crippen MR) is 56.1 cm³/mol. The minimum absolute atomic E-state index is 0.150. The first kappa shape index (κ1) is 10.4. The van der Waals surface area contributed by atoms with Gasteiger partial charge in [0.2, 0.25) is 0 Å². The molecule has 2 rings (SSSR count). The van der Waals surface area contributed by atoms with Gasteiger partial charge in [-0.2, -0.15) is 5.10 Å². The molecule has 0 aliphatic carbocycles. The number of rotatable bonds is 3. The van der Waals surface area contributed by atoms with Gasteiger partial charge >= 0.3 is 0 Å². The average Bonchev–Trinajstić information content (AvgIpc) is 2.63. The fourth-order valence-electron chi connectivity index (χ4n) is 1.23. The van der Waals surface area contributed by atoms with Crippen LogP contribution in [0.15, 0.2) is 24.5 Å². The number of nitrogens with two attached hydrogens (primary N) is 1. The van der Waals surface area contributed by atoms with Crippen LogP contribution in [0, 0.1) is 5.82 Å². The molecule has 5 nitrogen and oxygen atoms in total. The number of nitrogens with zero attached hydrogens (tertiary/aromatic N) is 3. The first-order valence-electron chi connectivity index (χ1n) is 4.67. The third-order valence-electron chi connectivity index (χ3n) is 2.12. The van der Waals surface area contributed by atoms with Crippen molar-refractivity contribution < 1.29 is 9.13 Å². The standard InChI is InChI=1S/C10H11FN4O/c1-15-10(13-6-14-15)5-16-9-3-2-7(12)4-8(9)11/h2-4,6H,5,12H2,1H3. The minimum atomic E-state index is -0.484. The first-order valence-corrected chi connectivity index (χ1v) is 4.67. The van der Waals surface area contributed by atoms with Gasteiger partial charge < -0.3 is 10.5 Å². The van der Waals surface area contributed by atoms with Crippen molar-refractivity contribution in [2.75, 3.05) is 5.73 Å². The number of halogens is 1. The van der Waals surface area contributed by atoms with Gasteiger partial charge in [-0.1, -0.05) is 0 Å². The van der Waals surface area contributed by atoms with E-state index in [1.807, 2.05) is 0 Å². The Kier molecular flexibility index (Phi) is 2.72. The average molecular weight is 222 g/mol. The van der Waals surface area contributed by atoms with E-state index in [0.717, 1.165) is 0 Å². The topological polar surface area (TPSA) is 66.0 Å². The van der Waals surface area contributed by atoms with Gasteiger partial charge in [0, 0.05) is 18.8 Å². The lowest BCUT2D eigenvalue weighted by atomic mass is 10.3. The number of nitrogen functional groups attached to an aromatic ring is 1. The Hall–Kier alpha value is -2.11. The molecule has 0 radical (unpaired) electrons. The van der Waals surface area contributed by atoms with E-state index in [1.54, 1.807) is 17.8 Å². The summed E-state index contributed by atoms with van der Waals surface area (Å²) < 4.78 is 20.2. The molecule has 0 saturated carbocycles. The van der Waals surface area contributed by atoms with Crippen LogP contribution < -0.4 is 10.5 Å². The number of aromatic nitrogens is 3. The molecule has 0 saturated heterocycles. The number of benzene rings is 1. The van der Waals surface area contributed by atoms with Gasteiger partial charge in [0.05, 0.1) is 0 Å². The van der Waals surface area contributed by atoms with E-state index < -0.39 is 5.82 Å². The van der Waals surface area contributed by atoms with Gasteiger partial charge in [0.25, 0.3) is 0 Å². The van der Waals surface area contributed by atoms with Crippen molar-refractivity contribution in [3.8, 4) is 5.75 Å². The third-order valence-corrected chi connectivity index (χ3v) is 2.12. The summed E-state index contributed by atoms with van der Waals surface area (Å²) in [7, 11) is 1.74. The molecule has 0 spiro atoms. The summed E-state index contributed by atoms with van der Waals surface area (Å²) in [6.07, 6.45) is 1.41. The van der Waals surface area contributed by atoms with Gasteiger partial charge in [0.1, 0.15) is 12.9 Å². The third kappa shape index (κ3) is 2.10. The van der Waals surface area contributed by atoms with E-state index >= 15 is 0 Å². The van der Waals surface area contributed by atoms with Crippen LogP contribution in [0.25, 0.3) is 0 Å². The molecule has 0 amide bonds. The molecule has 0 bridgehead atoms. The molecule has 2 aromatic rings. The second-order valence-electron chi connectivity index (χ2n) is 3.28. The molecule has 0 aliphatic heterocycles. The molecule has 1 heterocycles. The summed E-state index contributed by atoms with van der Waals surface area (Å²) in [6, 6.07) is 4.28. The summed E-state index contributed by atoms with van der Waals surface area (Å²) in [5.41, 5.74) is 5.78. The molecule has 1 aromatic heterocycles. The van der Waals surface area contributed by atoms with Crippen molar-refractivity contribution in [3.63, 3.8) is 0 Å². The SMILES string of the molecule is Cn1ncnc1COc1ccc(N)cc1F. The molecule has 0 fully saturated rings.